The highest BCUT2D eigenvalue weighted by Gasteiger charge is 2.46. The number of halogens is 1. The van der Waals surface area contributed by atoms with Gasteiger partial charge in [-0.3, -0.25) is 9.05 Å². The van der Waals surface area contributed by atoms with Crippen LogP contribution in [0, 0.1) is 11.3 Å². The standard InChI is InChI=1S/C17H22FN6O8P/c1-10(2)30-16(25)27-9-29-33(26)28-5-12(11(3)32-33)31-17(6-18,7-19)13-4-21-15-14(20)22-8-23-24(13)15/h4,8,10-12H,5-6,9H2,1-3H3,(H2,20,22,23)/t11?,12-,17+,33?/m1/s1. The zero-order valence-electron chi connectivity index (χ0n) is 17.9. The lowest BCUT2D eigenvalue weighted by Gasteiger charge is -2.36. The van der Waals surface area contributed by atoms with Crippen LogP contribution < -0.4 is 5.73 Å². The van der Waals surface area contributed by atoms with E-state index in [1.54, 1.807) is 19.9 Å². The Morgan fingerprint density at radius 3 is 2.91 bits per heavy atom. The summed E-state index contributed by atoms with van der Waals surface area (Å²) in [7, 11) is -4.13. The first-order chi connectivity index (χ1) is 15.6. The van der Waals surface area contributed by atoms with Crippen molar-refractivity contribution in [3.63, 3.8) is 0 Å². The number of anilines is 1. The van der Waals surface area contributed by atoms with E-state index in [4.69, 9.17) is 28.8 Å². The van der Waals surface area contributed by atoms with Crippen LogP contribution in [0.15, 0.2) is 12.5 Å². The summed E-state index contributed by atoms with van der Waals surface area (Å²) < 4.78 is 58.3. The molecule has 3 rings (SSSR count). The number of phosphoric acid groups is 1. The van der Waals surface area contributed by atoms with E-state index in [0.717, 1.165) is 10.8 Å². The summed E-state index contributed by atoms with van der Waals surface area (Å²) in [5.41, 5.74) is 3.66. The van der Waals surface area contributed by atoms with Crippen molar-refractivity contribution in [3.8, 4) is 6.07 Å². The molecule has 0 spiro atoms. The van der Waals surface area contributed by atoms with E-state index < -0.39 is 51.4 Å². The second kappa shape index (κ2) is 9.94. The molecule has 2 aromatic rings. The molecule has 2 N–H and O–H groups in total. The van der Waals surface area contributed by atoms with Crippen molar-refractivity contribution >= 4 is 25.4 Å². The summed E-state index contributed by atoms with van der Waals surface area (Å²) in [5, 5.41) is 13.7. The molecular formula is C17H22FN6O8P. The number of hydrogen-bond donors (Lipinski definition) is 1. The predicted octanol–water partition coefficient (Wildman–Crippen LogP) is 1.86. The molecule has 180 valence electrons. The van der Waals surface area contributed by atoms with Crippen LogP contribution in [-0.2, 0) is 37.9 Å². The zero-order chi connectivity index (χ0) is 24.2. The molecule has 4 atom stereocenters. The van der Waals surface area contributed by atoms with Gasteiger partial charge >= 0.3 is 14.0 Å². The number of alkyl halides is 1. The quantitative estimate of drug-likeness (QED) is 0.323. The minimum atomic E-state index is -4.13. The van der Waals surface area contributed by atoms with Crippen molar-refractivity contribution in [2.45, 2.75) is 44.7 Å². The molecule has 0 saturated carbocycles. The van der Waals surface area contributed by atoms with Gasteiger partial charge < -0.3 is 19.9 Å². The Labute approximate surface area is 187 Å². The van der Waals surface area contributed by atoms with E-state index in [1.165, 1.54) is 13.1 Å². The fourth-order valence-corrected chi connectivity index (χ4v) is 4.06. The molecule has 1 fully saturated rings. The Hall–Kier alpha value is -2.89. The van der Waals surface area contributed by atoms with Crippen molar-refractivity contribution in [1.82, 2.24) is 19.6 Å². The molecule has 0 aromatic carbocycles. The number of imidazole rings is 1. The monoisotopic (exact) mass is 488 g/mol. The second-order valence-corrected chi connectivity index (χ2v) is 8.74. The van der Waals surface area contributed by atoms with E-state index in [1.807, 2.05) is 0 Å². The number of ether oxygens (including phenoxy) is 3. The van der Waals surface area contributed by atoms with Crippen LogP contribution in [0.1, 0.15) is 26.5 Å². The molecule has 14 nitrogen and oxygen atoms in total. The number of nitrogens with two attached hydrogens (primary N) is 1. The number of phosphoric ester groups is 1. The number of rotatable bonds is 8. The van der Waals surface area contributed by atoms with Gasteiger partial charge in [0.1, 0.15) is 30.9 Å². The van der Waals surface area contributed by atoms with E-state index in [2.05, 4.69) is 19.8 Å². The Bertz CT molecular complexity index is 1090. The topological polar surface area (TPSA) is 182 Å². The van der Waals surface area contributed by atoms with Crippen LogP contribution in [0.25, 0.3) is 5.65 Å². The highest BCUT2D eigenvalue weighted by molar-refractivity contribution is 7.48. The Morgan fingerprint density at radius 2 is 2.27 bits per heavy atom. The second-order valence-electron chi connectivity index (χ2n) is 7.11. The van der Waals surface area contributed by atoms with Crippen LogP contribution in [0.4, 0.5) is 15.0 Å². The number of fused-ring (bicyclic) bond motifs is 1. The van der Waals surface area contributed by atoms with Crippen LogP contribution in [0.3, 0.4) is 0 Å². The molecule has 1 saturated heterocycles. The SMILES string of the molecule is CC(C)OC(=O)OCOP1(=O)OC[C@@H](O[C@](C#N)(CF)c2cnc3c(N)ncnn23)C(C)O1. The lowest BCUT2D eigenvalue weighted by molar-refractivity contribution is -0.154. The first kappa shape index (κ1) is 24.7. The number of nitrogens with zero attached hydrogens (tertiary/aromatic N) is 5. The summed E-state index contributed by atoms with van der Waals surface area (Å²) in [5.74, 6) is 0.0252. The van der Waals surface area contributed by atoms with Gasteiger partial charge in [0.2, 0.25) is 12.4 Å². The summed E-state index contributed by atoms with van der Waals surface area (Å²) in [6.45, 7) is 2.29. The van der Waals surface area contributed by atoms with Gasteiger partial charge in [-0.15, -0.1) is 0 Å². The lowest BCUT2D eigenvalue weighted by atomic mass is 10.0. The molecule has 0 amide bonds. The predicted molar refractivity (Wildman–Crippen MR) is 106 cm³/mol. The number of aromatic nitrogens is 4. The Morgan fingerprint density at radius 1 is 1.52 bits per heavy atom. The summed E-state index contributed by atoms with van der Waals surface area (Å²) in [4.78, 5) is 19.2. The molecular weight excluding hydrogens is 466 g/mol. The fourth-order valence-electron chi connectivity index (χ4n) is 2.81. The Kier molecular flexibility index (Phi) is 7.45. The molecule has 33 heavy (non-hydrogen) atoms. The average molecular weight is 488 g/mol. The molecule has 3 heterocycles. The van der Waals surface area contributed by atoms with Crippen molar-refractivity contribution in [3.05, 3.63) is 18.2 Å². The van der Waals surface area contributed by atoms with Gasteiger partial charge in [0.25, 0.3) is 0 Å². The first-order valence-corrected chi connectivity index (χ1v) is 11.1. The van der Waals surface area contributed by atoms with Gasteiger partial charge in [0, 0.05) is 0 Å². The van der Waals surface area contributed by atoms with Gasteiger partial charge in [-0.05, 0) is 20.8 Å². The van der Waals surface area contributed by atoms with E-state index in [-0.39, 0.29) is 23.8 Å². The highest BCUT2D eigenvalue weighted by Crippen LogP contribution is 2.54. The summed E-state index contributed by atoms with van der Waals surface area (Å²) in [6.07, 6.45) is -1.13. The largest absolute Gasteiger partial charge is 0.510 e. The molecule has 2 unspecified atom stereocenters. The maximum Gasteiger partial charge on any atom is 0.510 e. The van der Waals surface area contributed by atoms with Gasteiger partial charge in [0.05, 0.1) is 25.0 Å². The molecule has 0 radical (unpaired) electrons. The minimum absolute atomic E-state index is 0.0252. The van der Waals surface area contributed by atoms with Crippen LogP contribution in [0.5, 0.6) is 0 Å². The summed E-state index contributed by atoms with van der Waals surface area (Å²) in [6, 6.07) is 1.79. The smallest absolute Gasteiger partial charge is 0.432 e. The Balaban J connectivity index is 1.69. The summed E-state index contributed by atoms with van der Waals surface area (Å²) >= 11 is 0. The molecule has 0 aliphatic carbocycles. The van der Waals surface area contributed by atoms with Gasteiger partial charge in [-0.1, -0.05) is 0 Å². The average Bonchev–Trinajstić information content (AvgIpc) is 3.19. The third kappa shape index (κ3) is 5.37. The molecule has 2 aromatic heterocycles. The van der Waals surface area contributed by atoms with Gasteiger partial charge in [-0.25, -0.2) is 32.8 Å². The number of hydrogen-bond acceptors (Lipinski definition) is 13. The first-order valence-electron chi connectivity index (χ1n) is 9.63. The molecule has 1 aliphatic heterocycles. The van der Waals surface area contributed by atoms with E-state index in [0.29, 0.717) is 0 Å². The van der Waals surface area contributed by atoms with Gasteiger partial charge in [-0.2, -0.15) is 10.4 Å². The molecule has 1 aliphatic rings. The molecule has 0 bridgehead atoms. The lowest BCUT2D eigenvalue weighted by Crippen LogP contribution is -2.45. The van der Waals surface area contributed by atoms with Crippen molar-refractivity contribution in [1.29, 1.82) is 5.26 Å². The highest BCUT2D eigenvalue weighted by atomic mass is 31.2. The van der Waals surface area contributed by atoms with E-state index in [9.17, 15) is 19.0 Å². The molecule has 16 heteroatoms. The van der Waals surface area contributed by atoms with Crippen molar-refractivity contribution in [2.75, 3.05) is 25.8 Å². The van der Waals surface area contributed by atoms with Gasteiger partial charge in [0.15, 0.2) is 11.5 Å². The fraction of sp³-hybridized carbons (Fsp3) is 0.588. The van der Waals surface area contributed by atoms with Crippen LogP contribution in [0.2, 0.25) is 0 Å². The maximum absolute atomic E-state index is 14.2. The normalized spacial score (nSPS) is 24.8. The maximum atomic E-state index is 14.2. The van der Waals surface area contributed by atoms with Crippen LogP contribution >= 0.6 is 7.82 Å². The van der Waals surface area contributed by atoms with Crippen molar-refractivity contribution in [2.24, 2.45) is 0 Å². The van der Waals surface area contributed by atoms with E-state index >= 15 is 0 Å². The number of carbonyl (C=O) groups excluding carboxylic acids is 1. The number of nitriles is 1. The zero-order valence-corrected chi connectivity index (χ0v) is 18.8. The number of nitrogen functional groups attached to an aromatic ring is 1. The van der Waals surface area contributed by atoms with Crippen LogP contribution in [-0.4, -0.2) is 64.1 Å². The third-order valence-electron chi connectivity index (χ3n) is 4.40. The minimum Gasteiger partial charge on any atom is -0.432 e. The van der Waals surface area contributed by atoms with Crippen molar-refractivity contribution < 1.29 is 41.5 Å². The third-order valence-corrected chi connectivity index (χ3v) is 5.88. The number of carbonyl (C=O) groups is 1.